The summed E-state index contributed by atoms with van der Waals surface area (Å²) in [5, 5.41) is 32.0. The second kappa shape index (κ2) is 4.99. The summed E-state index contributed by atoms with van der Waals surface area (Å²) in [6.45, 7) is 0. The van der Waals surface area contributed by atoms with E-state index < -0.39 is 11.9 Å². The average Bonchev–Trinajstić information content (AvgIpc) is 2.76. The zero-order chi connectivity index (χ0) is 14.0. The number of benzene rings is 1. The van der Waals surface area contributed by atoms with Crippen LogP contribution in [0.2, 0.25) is 0 Å². The van der Waals surface area contributed by atoms with Crippen LogP contribution >= 0.6 is 11.3 Å². The first kappa shape index (κ1) is 12.9. The van der Waals surface area contributed by atoms with Crippen LogP contribution < -0.4 is 5.32 Å². The number of anilines is 1. The quantitative estimate of drug-likeness (QED) is 0.688. The first-order valence-electron chi connectivity index (χ1n) is 5.13. The van der Waals surface area contributed by atoms with E-state index in [0.717, 1.165) is 11.3 Å². The summed E-state index contributed by atoms with van der Waals surface area (Å²) in [6.07, 6.45) is 0. The first-order chi connectivity index (χ1) is 9.00. The van der Waals surface area contributed by atoms with Gasteiger partial charge >= 0.3 is 5.97 Å². The minimum atomic E-state index is -1.17. The van der Waals surface area contributed by atoms with Crippen LogP contribution in [0, 0.1) is 0 Å². The number of thiophene rings is 1. The third-order valence-electron chi connectivity index (χ3n) is 2.37. The van der Waals surface area contributed by atoms with Gasteiger partial charge in [-0.25, -0.2) is 4.79 Å². The Bertz CT molecular complexity index is 629. The summed E-state index contributed by atoms with van der Waals surface area (Å²) >= 11 is 1.04. The summed E-state index contributed by atoms with van der Waals surface area (Å²) in [5.41, 5.74) is -0.347. The minimum Gasteiger partial charge on any atom is -0.507 e. The molecule has 4 N–H and O–H groups in total. The second-order valence-corrected chi connectivity index (χ2v) is 4.51. The Kier molecular flexibility index (Phi) is 3.39. The van der Waals surface area contributed by atoms with Crippen molar-refractivity contribution in [3.8, 4) is 11.5 Å². The van der Waals surface area contributed by atoms with Crippen LogP contribution in [0.15, 0.2) is 29.6 Å². The molecule has 0 aliphatic heterocycles. The molecule has 0 aliphatic carbocycles. The van der Waals surface area contributed by atoms with Gasteiger partial charge in [-0.15, -0.1) is 11.3 Å². The number of carbonyl (C=O) groups is 2. The number of carbonyl (C=O) groups excluding carboxylic acids is 1. The maximum absolute atomic E-state index is 11.9. The molecule has 7 heteroatoms. The van der Waals surface area contributed by atoms with E-state index in [9.17, 15) is 19.8 Å². The number of rotatable bonds is 3. The summed E-state index contributed by atoms with van der Waals surface area (Å²) < 4.78 is 0. The van der Waals surface area contributed by atoms with Crippen molar-refractivity contribution in [1.29, 1.82) is 0 Å². The Morgan fingerprint density at radius 1 is 1.11 bits per heavy atom. The van der Waals surface area contributed by atoms with Crippen LogP contribution in [0.1, 0.15) is 20.7 Å². The van der Waals surface area contributed by atoms with Gasteiger partial charge in [-0.3, -0.25) is 4.79 Å². The number of carboxylic acids is 1. The highest BCUT2D eigenvalue weighted by molar-refractivity contribution is 7.14. The van der Waals surface area contributed by atoms with Gasteiger partial charge in [-0.2, -0.15) is 0 Å². The zero-order valence-corrected chi connectivity index (χ0v) is 10.3. The number of hydrogen-bond acceptors (Lipinski definition) is 5. The third kappa shape index (κ3) is 2.50. The predicted octanol–water partition coefficient (Wildman–Crippen LogP) is 2.11. The lowest BCUT2D eigenvalue weighted by Gasteiger charge is -2.07. The lowest BCUT2D eigenvalue weighted by atomic mass is 10.1. The van der Waals surface area contributed by atoms with Gasteiger partial charge in [0.2, 0.25) is 0 Å². The van der Waals surface area contributed by atoms with Crippen molar-refractivity contribution in [2.24, 2.45) is 0 Å². The largest absolute Gasteiger partial charge is 0.507 e. The first-order valence-corrected chi connectivity index (χ1v) is 6.01. The fraction of sp³-hybridized carbons (Fsp3) is 0. The van der Waals surface area contributed by atoms with Crippen molar-refractivity contribution in [1.82, 2.24) is 0 Å². The van der Waals surface area contributed by atoms with Gasteiger partial charge in [0.25, 0.3) is 5.91 Å². The SMILES string of the molecule is O=C(O)c1ccsc1NC(=O)c1c(O)cccc1O. The number of phenolic OH excluding ortho intramolecular Hbond substituents is 2. The number of aromatic carboxylic acids is 1. The summed E-state index contributed by atoms with van der Waals surface area (Å²) in [6, 6.07) is 5.24. The average molecular weight is 279 g/mol. The van der Waals surface area contributed by atoms with E-state index >= 15 is 0 Å². The lowest BCUT2D eigenvalue weighted by molar-refractivity contribution is 0.0698. The van der Waals surface area contributed by atoms with Gasteiger partial charge in [0.1, 0.15) is 22.1 Å². The number of aromatic hydroxyl groups is 2. The maximum atomic E-state index is 11.9. The summed E-state index contributed by atoms with van der Waals surface area (Å²) in [5.74, 6) is -2.71. The second-order valence-electron chi connectivity index (χ2n) is 3.59. The van der Waals surface area contributed by atoms with E-state index in [-0.39, 0.29) is 27.6 Å². The lowest BCUT2D eigenvalue weighted by Crippen LogP contribution is -2.13. The topological polar surface area (TPSA) is 107 Å². The van der Waals surface area contributed by atoms with Crippen LogP contribution in [-0.4, -0.2) is 27.2 Å². The van der Waals surface area contributed by atoms with Crippen LogP contribution in [0.25, 0.3) is 0 Å². The highest BCUT2D eigenvalue weighted by atomic mass is 32.1. The van der Waals surface area contributed by atoms with E-state index in [0.29, 0.717) is 0 Å². The molecule has 0 radical (unpaired) electrons. The highest BCUT2D eigenvalue weighted by Crippen LogP contribution is 2.29. The summed E-state index contributed by atoms with van der Waals surface area (Å²) in [4.78, 5) is 22.8. The Labute approximate surface area is 111 Å². The molecule has 1 aromatic heterocycles. The molecule has 2 aromatic rings. The molecule has 98 valence electrons. The van der Waals surface area contributed by atoms with E-state index in [2.05, 4.69) is 5.32 Å². The molecule has 6 nitrogen and oxygen atoms in total. The molecule has 0 aliphatic rings. The monoisotopic (exact) mass is 279 g/mol. The molecule has 1 aromatic carbocycles. The Balaban J connectivity index is 2.31. The van der Waals surface area contributed by atoms with Gasteiger partial charge < -0.3 is 20.6 Å². The number of nitrogens with one attached hydrogen (secondary N) is 1. The van der Waals surface area contributed by atoms with Crippen LogP contribution in [0.3, 0.4) is 0 Å². The molecule has 2 rings (SSSR count). The van der Waals surface area contributed by atoms with E-state index in [1.54, 1.807) is 0 Å². The van der Waals surface area contributed by atoms with Crippen LogP contribution in [-0.2, 0) is 0 Å². The molecule has 1 heterocycles. The maximum Gasteiger partial charge on any atom is 0.338 e. The molecule has 0 saturated carbocycles. The third-order valence-corrected chi connectivity index (χ3v) is 3.20. The standard InChI is InChI=1S/C12H9NO5S/c14-7-2-1-3-8(15)9(7)10(16)13-11-6(12(17)18)4-5-19-11/h1-5,14-15H,(H,13,16)(H,17,18). The van der Waals surface area contributed by atoms with Crippen LogP contribution in [0.4, 0.5) is 5.00 Å². The van der Waals surface area contributed by atoms with Gasteiger partial charge in [-0.05, 0) is 23.6 Å². The molecule has 0 spiro atoms. The molecule has 0 fully saturated rings. The number of phenols is 2. The molecular formula is C12H9NO5S. The Morgan fingerprint density at radius 3 is 2.32 bits per heavy atom. The fourth-order valence-corrected chi connectivity index (χ4v) is 2.28. The molecular weight excluding hydrogens is 270 g/mol. The fourth-order valence-electron chi connectivity index (χ4n) is 1.50. The predicted molar refractivity (Wildman–Crippen MR) is 69.0 cm³/mol. The van der Waals surface area contributed by atoms with E-state index in [1.807, 2.05) is 0 Å². The van der Waals surface area contributed by atoms with Crippen molar-refractivity contribution in [3.63, 3.8) is 0 Å². The zero-order valence-electron chi connectivity index (χ0n) is 9.45. The van der Waals surface area contributed by atoms with Crippen molar-refractivity contribution < 1.29 is 24.9 Å². The molecule has 0 unspecified atom stereocenters. The number of hydrogen-bond donors (Lipinski definition) is 4. The van der Waals surface area contributed by atoms with Crippen molar-refractivity contribution in [2.75, 3.05) is 5.32 Å². The number of carboxylic acid groups (broad SMARTS) is 1. The van der Waals surface area contributed by atoms with Crippen LogP contribution in [0.5, 0.6) is 11.5 Å². The van der Waals surface area contributed by atoms with E-state index in [1.165, 1.54) is 29.6 Å². The molecule has 0 saturated heterocycles. The van der Waals surface area contributed by atoms with Gasteiger partial charge in [0.05, 0.1) is 5.56 Å². The Hall–Kier alpha value is -2.54. The van der Waals surface area contributed by atoms with Gasteiger partial charge in [0, 0.05) is 0 Å². The van der Waals surface area contributed by atoms with Gasteiger partial charge in [0.15, 0.2) is 0 Å². The Morgan fingerprint density at radius 2 is 1.74 bits per heavy atom. The summed E-state index contributed by atoms with van der Waals surface area (Å²) in [7, 11) is 0. The normalized spacial score (nSPS) is 10.1. The van der Waals surface area contributed by atoms with Crippen molar-refractivity contribution in [2.45, 2.75) is 0 Å². The minimum absolute atomic E-state index is 0.0479. The molecule has 1 amide bonds. The van der Waals surface area contributed by atoms with E-state index in [4.69, 9.17) is 5.11 Å². The molecule has 19 heavy (non-hydrogen) atoms. The highest BCUT2D eigenvalue weighted by Gasteiger charge is 2.19. The smallest absolute Gasteiger partial charge is 0.338 e. The molecule has 0 bridgehead atoms. The van der Waals surface area contributed by atoms with Crippen molar-refractivity contribution >= 4 is 28.2 Å². The molecule has 0 atom stereocenters. The number of amides is 1. The van der Waals surface area contributed by atoms with Crippen molar-refractivity contribution in [3.05, 3.63) is 40.8 Å². The van der Waals surface area contributed by atoms with Gasteiger partial charge in [-0.1, -0.05) is 6.07 Å².